The number of anilines is 1. The molecule has 3 nitrogen and oxygen atoms in total. The second kappa shape index (κ2) is 6.55. The first kappa shape index (κ1) is 15.5. The van der Waals surface area contributed by atoms with Gasteiger partial charge in [-0.25, -0.2) is 0 Å². The molecule has 0 spiro atoms. The zero-order valence-corrected chi connectivity index (χ0v) is 12.8. The zero-order valence-electron chi connectivity index (χ0n) is 10.4. The third-order valence-electron chi connectivity index (χ3n) is 3.05. The molecule has 1 aliphatic heterocycles. The quantitative estimate of drug-likeness (QED) is 0.924. The molecule has 2 rings (SSSR count). The fourth-order valence-electron chi connectivity index (χ4n) is 2.12. The summed E-state index contributed by atoms with van der Waals surface area (Å²) in [5.74, 6) is 0.184. The van der Waals surface area contributed by atoms with Crippen molar-refractivity contribution in [3.8, 4) is 0 Å². The molecule has 1 atom stereocenters. The summed E-state index contributed by atoms with van der Waals surface area (Å²) in [4.78, 5) is 13.9. The zero-order chi connectivity index (χ0) is 12.4. The number of carbonyl (C=O) groups is 1. The van der Waals surface area contributed by atoms with Crippen LogP contribution in [0.2, 0.25) is 0 Å². The molecule has 0 aromatic heterocycles. The Hall–Kier alpha value is -0.580. The minimum Gasteiger partial charge on any atom is -0.328 e. The topological polar surface area (TPSA) is 46.3 Å². The van der Waals surface area contributed by atoms with E-state index in [1.807, 2.05) is 24.0 Å². The highest BCUT2D eigenvalue weighted by Gasteiger charge is 2.24. The summed E-state index contributed by atoms with van der Waals surface area (Å²) in [6.07, 6.45) is 2.23. The van der Waals surface area contributed by atoms with Crippen LogP contribution in [0.15, 0.2) is 22.7 Å². The Kier molecular flexibility index (Phi) is 5.63. The van der Waals surface area contributed by atoms with Crippen molar-refractivity contribution in [2.24, 2.45) is 5.73 Å². The molecule has 1 unspecified atom stereocenters. The second-order valence-corrected chi connectivity index (χ2v) is 5.50. The van der Waals surface area contributed by atoms with Crippen LogP contribution in [0.5, 0.6) is 0 Å². The normalized spacial score (nSPS) is 14.9. The third kappa shape index (κ3) is 3.46. The summed E-state index contributed by atoms with van der Waals surface area (Å²) < 4.78 is 1.07. The van der Waals surface area contributed by atoms with Gasteiger partial charge in [0.15, 0.2) is 0 Å². The molecule has 1 aliphatic rings. The third-order valence-corrected chi connectivity index (χ3v) is 3.54. The maximum atomic E-state index is 12.1. The summed E-state index contributed by atoms with van der Waals surface area (Å²) in [6.45, 7) is 2.73. The molecule has 1 heterocycles. The largest absolute Gasteiger partial charge is 0.328 e. The van der Waals surface area contributed by atoms with Gasteiger partial charge in [-0.3, -0.25) is 4.79 Å². The van der Waals surface area contributed by atoms with Gasteiger partial charge in [-0.15, -0.1) is 12.4 Å². The van der Waals surface area contributed by atoms with Crippen LogP contribution in [-0.2, 0) is 11.2 Å². The van der Waals surface area contributed by atoms with Gasteiger partial charge < -0.3 is 10.6 Å². The summed E-state index contributed by atoms with van der Waals surface area (Å²) in [7, 11) is 0. The van der Waals surface area contributed by atoms with Crippen molar-refractivity contribution < 1.29 is 4.79 Å². The first-order valence-electron chi connectivity index (χ1n) is 5.92. The van der Waals surface area contributed by atoms with Gasteiger partial charge in [0.2, 0.25) is 5.91 Å². The van der Waals surface area contributed by atoms with E-state index in [2.05, 4.69) is 22.0 Å². The highest BCUT2D eigenvalue weighted by molar-refractivity contribution is 9.10. The number of nitrogens with zero attached hydrogens (tertiary/aromatic N) is 1. The molecule has 18 heavy (non-hydrogen) atoms. The van der Waals surface area contributed by atoms with Gasteiger partial charge in [0.05, 0.1) is 0 Å². The van der Waals surface area contributed by atoms with Crippen LogP contribution in [0.1, 0.15) is 25.3 Å². The Morgan fingerprint density at radius 3 is 2.94 bits per heavy atom. The van der Waals surface area contributed by atoms with Gasteiger partial charge >= 0.3 is 0 Å². The molecule has 0 saturated carbocycles. The van der Waals surface area contributed by atoms with Gasteiger partial charge in [0, 0.05) is 29.2 Å². The molecule has 0 bridgehead atoms. The van der Waals surface area contributed by atoms with E-state index in [0.717, 1.165) is 29.5 Å². The van der Waals surface area contributed by atoms with Crippen molar-refractivity contribution in [2.75, 3.05) is 11.4 Å². The van der Waals surface area contributed by atoms with Crippen molar-refractivity contribution in [1.82, 2.24) is 0 Å². The summed E-state index contributed by atoms with van der Waals surface area (Å²) in [5.41, 5.74) is 7.98. The number of rotatable bonds is 3. The van der Waals surface area contributed by atoms with Crippen LogP contribution in [0.4, 0.5) is 5.69 Å². The van der Waals surface area contributed by atoms with E-state index in [1.165, 1.54) is 5.56 Å². The Labute approximate surface area is 122 Å². The molecule has 0 radical (unpaired) electrons. The van der Waals surface area contributed by atoms with Crippen molar-refractivity contribution in [3.05, 3.63) is 28.2 Å². The lowest BCUT2D eigenvalue weighted by Crippen LogP contribution is -2.30. The molecule has 1 aromatic rings. The van der Waals surface area contributed by atoms with E-state index >= 15 is 0 Å². The highest BCUT2D eigenvalue weighted by Crippen LogP contribution is 2.31. The molecule has 100 valence electrons. The van der Waals surface area contributed by atoms with E-state index in [1.54, 1.807) is 0 Å². The number of fused-ring (bicyclic) bond motifs is 1. The van der Waals surface area contributed by atoms with Crippen molar-refractivity contribution in [3.63, 3.8) is 0 Å². The van der Waals surface area contributed by atoms with Crippen LogP contribution >= 0.6 is 28.3 Å². The Balaban J connectivity index is 0.00000162. The SMILES string of the molecule is CC(N)CCC(=O)N1CCc2cc(Br)ccc21.Cl. The number of halogens is 2. The molecule has 0 saturated heterocycles. The van der Waals surface area contributed by atoms with Gasteiger partial charge in [0.25, 0.3) is 0 Å². The van der Waals surface area contributed by atoms with E-state index in [-0.39, 0.29) is 24.4 Å². The Bertz CT molecular complexity index is 437. The molecule has 0 fully saturated rings. The molecule has 1 amide bonds. The fourth-order valence-corrected chi connectivity index (χ4v) is 2.52. The van der Waals surface area contributed by atoms with Crippen LogP contribution in [-0.4, -0.2) is 18.5 Å². The first-order chi connectivity index (χ1) is 8.08. The van der Waals surface area contributed by atoms with E-state index in [4.69, 9.17) is 5.73 Å². The van der Waals surface area contributed by atoms with E-state index in [9.17, 15) is 4.79 Å². The van der Waals surface area contributed by atoms with Gasteiger partial charge in [-0.2, -0.15) is 0 Å². The predicted molar refractivity (Wildman–Crippen MR) is 80.3 cm³/mol. The fraction of sp³-hybridized carbons (Fsp3) is 0.462. The maximum absolute atomic E-state index is 12.1. The predicted octanol–water partition coefficient (Wildman–Crippen LogP) is 2.89. The second-order valence-electron chi connectivity index (χ2n) is 4.58. The average Bonchev–Trinajstić information content (AvgIpc) is 2.68. The lowest BCUT2D eigenvalue weighted by Gasteiger charge is -2.18. The number of nitrogens with two attached hydrogens (primary N) is 1. The minimum atomic E-state index is 0. The first-order valence-corrected chi connectivity index (χ1v) is 6.71. The van der Waals surface area contributed by atoms with Crippen LogP contribution in [0.25, 0.3) is 0 Å². The minimum absolute atomic E-state index is 0. The summed E-state index contributed by atoms with van der Waals surface area (Å²) in [5, 5.41) is 0. The van der Waals surface area contributed by atoms with Crippen LogP contribution in [0.3, 0.4) is 0 Å². The van der Waals surface area contributed by atoms with E-state index < -0.39 is 0 Å². The molecular weight excluding hydrogens is 316 g/mol. The standard InChI is InChI=1S/C13H17BrN2O.ClH/c1-9(15)2-5-13(17)16-7-6-10-8-11(14)3-4-12(10)16;/h3-4,8-9H,2,5-7,15H2,1H3;1H. The van der Waals surface area contributed by atoms with Crippen LogP contribution < -0.4 is 10.6 Å². The molecule has 0 aliphatic carbocycles. The smallest absolute Gasteiger partial charge is 0.227 e. The monoisotopic (exact) mass is 332 g/mol. The summed E-state index contributed by atoms with van der Waals surface area (Å²) in [6, 6.07) is 6.17. The number of hydrogen-bond acceptors (Lipinski definition) is 2. The number of carbonyl (C=O) groups excluding carboxylic acids is 1. The van der Waals surface area contributed by atoms with Crippen molar-refractivity contribution in [2.45, 2.75) is 32.2 Å². The van der Waals surface area contributed by atoms with Crippen LogP contribution in [0, 0.1) is 0 Å². The lowest BCUT2D eigenvalue weighted by molar-refractivity contribution is -0.118. The number of hydrogen-bond donors (Lipinski definition) is 1. The van der Waals surface area contributed by atoms with Crippen molar-refractivity contribution >= 4 is 39.9 Å². The Morgan fingerprint density at radius 2 is 2.28 bits per heavy atom. The molecule has 2 N–H and O–H groups in total. The maximum Gasteiger partial charge on any atom is 0.227 e. The average molecular weight is 334 g/mol. The van der Waals surface area contributed by atoms with Crippen molar-refractivity contribution in [1.29, 1.82) is 0 Å². The van der Waals surface area contributed by atoms with Gasteiger partial charge in [0.1, 0.15) is 0 Å². The number of benzene rings is 1. The number of amides is 1. The van der Waals surface area contributed by atoms with E-state index in [0.29, 0.717) is 6.42 Å². The highest BCUT2D eigenvalue weighted by atomic mass is 79.9. The van der Waals surface area contributed by atoms with Gasteiger partial charge in [-0.05, 0) is 43.5 Å². The lowest BCUT2D eigenvalue weighted by atomic mass is 10.1. The van der Waals surface area contributed by atoms with Gasteiger partial charge in [-0.1, -0.05) is 15.9 Å². The molecule has 1 aromatic carbocycles. The summed E-state index contributed by atoms with van der Waals surface area (Å²) >= 11 is 3.45. The molecular formula is C13H18BrClN2O. The Morgan fingerprint density at radius 1 is 1.56 bits per heavy atom. The molecule has 5 heteroatoms.